The van der Waals surface area contributed by atoms with E-state index in [1.54, 1.807) is 24.3 Å². The summed E-state index contributed by atoms with van der Waals surface area (Å²) >= 11 is 0. The van der Waals surface area contributed by atoms with Crippen LogP contribution in [0, 0.1) is 18.3 Å². The normalized spacial score (nSPS) is 10.4. The van der Waals surface area contributed by atoms with Gasteiger partial charge in [-0.2, -0.15) is 5.26 Å². The van der Waals surface area contributed by atoms with Crippen LogP contribution < -0.4 is 5.32 Å². The van der Waals surface area contributed by atoms with Crippen molar-refractivity contribution < 1.29 is 4.79 Å². The highest BCUT2D eigenvalue weighted by atomic mass is 16.1. The van der Waals surface area contributed by atoms with Crippen molar-refractivity contribution >= 4 is 22.5 Å². The number of benzene rings is 2. The first-order valence-electron chi connectivity index (χ1n) is 7.04. The summed E-state index contributed by atoms with van der Waals surface area (Å²) in [6.07, 6.45) is 0.273. The van der Waals surface area contributed by atoms with Crippen LogP contribution in [0.25, 0.3) is 10.9 Å². The molecule has 0 spiro atoms. The predicted molar refractivity (Wildman–Crippen MR) is 86.5 cm³/mol. The summed E-state index contributed by atoms with van der Waals surface area (Å²) in [4.78, 5) is 15.6. The number of fused-ring (bicyclic) bond motifs is 1. The Kier molecular flexibility index (Phi) is 3.63. The van der Waals surface area contributed by atoms with Gasteiger partial charge in [0, 0.05) is 16.6 Å². The number of nitriles is 1. The summed E-state index contributed by atoms with van der Waals surface area (Å²) in [5, 5.41) is 12.9. The van der Waals surface area contributed by atoms with Gasteiger partial charge in [0.15, 0.2) is 0 Å². The number of nitrogens with one attached hydrogen (secondary N) is 2. The number of nitrogens with zero attached hydrogens (tertiary/aromatic N) is 1. The van der Waals surface area contributed by atoms with Crippen LogP contribution in [0.2, 0.25) is 0 Å². The molecule has 0 saturated carbocycles. The molecule has 3 rings (SSSR count). The lowest BCUT2D eigenvalue weighted by Gasteiger charge is -2.07. The zero-order valence-corrected chi connectivity index (χ0v) is 12.2. The number of carbonyl (C=O) groups excluding carboxylic acids is 1. The van der Waals surface area contributed by atoms with E-state index in [9.17, 15) is 4.79 Å². The molecule has 108 valence electrons. The molecule has 1 heterocycles. The molecular formula is C18H15N3O. The standard InChI is InChI=1S/C18H15N3O/c1-12-15(14-7-3-5-9-17(14)20-12)10-18(22)21-16-8-4-2-6-13(16)11-19/h2-9,20H,10H2,1H3,(H,21,22). The number of hydrogen-bond donors (Lipinski definition) is 2. The third-order valence-electron chi connectivity index (χ3n) is 3.69. The fourth-order valence-corrected chi connectivity index (χ4v) is 2.61. The Hall–Kier alpha value is -3.06. The molecule has 0 aliphatic rings. The van der Waals surface area contributed by atoms with Crippen LogP contribution in [-0.2, 0) is 11.2 Å². The van der Waals surface area contributed by atoms with Gasteiger partial charge < -0.3 is 10.3 Å². The zero-order chi connectivity index (χ0) is 15.5. The molecule has 0 unspecified atom stereocenters. The first kappa shape index (κ1) is 13.9. The van der Waals surface area contributed by atoms with Gasteiger partial charge in [0.25, 0.3) is 0 Å². The number of amides is 1. The fourth-order valence-electron chi connectivity index (χ4n) is 2.61. The second kappa shape index (κ2) is 5.74. The van der Waals surface area contributed by atoms with Crippen LogP contribution in [0.4, 0.5) is 5.69 Å². The molecule has 1 amide bonds. The van der Waals surface area contributed by atoms with E-state index in [0.717, 1.165) is 22.2 Å². The van der Waals surface area contributed by atoms with Gasteiger partial charge in [-0.05, 0) is 30.7 Å². The Morgan fingerprint density at radius 2 is 1.91 bits per heavy atom. The largest absolute Gasteiger partial charge is 0.358 e. The first-order valence-corrected chi connectivity index (χ1v) is 7.04. The Balaban J connectivity index is 1.85. The lowest BCUT2D eigenvalue weighted by molar-refractivity contribution is -0.115. The molecule has 4 nitrogen and oxygen atoms in total. The third-order valence-corrected chi connectivity index (χ3v) is 3.69. The summed E-state index contributed by atoms with van der Waals surface area (Å²) in [7, 11) is 0. The number of aromatic amines is 1. The molecule has 22 heavy (non-hydrogen) atoms. The Morgan fingerprint density at radius 1 is 1.18 bits per heavy atom. The maximum absolute atomic E-state index is 12.3. The lowest BCUT2D eigenvalue weighted by atomic mass is 10.1. The third kappa shape index (κ3) is 2.57. The maximum Gasteiger partial charge on any atom is 0.228 e. The second-order valence-electron chi connectivity index (χ2n) is 5.16. The minimum absolute atomic E-state index is 0.129. The average Bonchev–Trinajstić information content (AvgIpc) is 2.84. The molecule has 3 aromatic rings. The predicted octanol–water partition coefficient (Wildman–Crippen LogP) is 3.53. The average molecular weight is 289 g/mol. The van der Waals surface area contributed by atoms with Crippen LogP contribution >= 0.6 is 0 Å². The van der Waals surface area contributed by atoms with Gasteiger partial charge in [-0.3, -0.25) is 4.79 Å². The fraction of sp³-hybridized carbons (Fsp3) is 0.111. The van der Waals surface area contributed by atoms with Gasteiger partial charge in [-0.25, -0.2) is 0 Å². The summed E-state index contributed by atoms with van der Waals surface area (Å²) in [6.45, 7) is 1.96. The zero-order valence-electron chi connectivity index (χ0n) is 12.2. The van der Waals surface area contributed by atoms with E-state index in [-0.39, 0.29) is 12.3 Å². The molecule has 4 heteroatoms. The molecule has 0 aliphatic heterocycles. The van der Waals surface area contributed by atoms with Crippen molar-refractivity contribution in [1.82, 2.24) is 4.98 Å². The molecular weight excluding hydrogens is 274 g/mol. The number of para-hydroxylation sites is 2. The van der Waals surface area contributed by atoms with Gasteiger partial charge >= 0.3 is 0 Å². The topological polar surface area (TPSA) is 68.7 Å². The Labute approximate surface area is 128 Å². The highest BCUT2D eigenvalue weighted by Crippen LogP contribution is 2.23. The molecule has 2 aromatic carbocycles. The summed E-state index contributed by atoms with van der Waals surface area (Å²) in [5.74, 6) is -0.129. The van der Waals surface area contributed by atoms with Crippen LogP contribution in [0.3, 0.4) is 0 Å². The van der Waals surface area contributed by atoms with E-state index in [4.69, 9.17) is 5.26 Å². The Bertz CT molecular complexity index is 887. The molecule has 0 atom stereocenters. The second-order valence-corrected chi connectivity index (χ2v) is 5.16. The lowest BCUT2D eigenvalue weighted by Crippen LogP contribution is -2.15. The van der Waals surface area contributed by atoms with E-state index in [0.29, 0.717) is 11.3 Å². The van der Waals surface area contributed by atoms with Gasteiger partial charge in [0.05, 0.1) is 17.7 Å². The smallest absolute Gasteiger partial charge is 0.228 e. The SMILES string of the molecule is Cc1[nH]c2ccccc2c1CC(=O)Nc1ccccc1C#N. The van der Waals surface area contributed by atoms with E-state index in [1.807, 2.05) is 31.2 Å². The van der Waals surface area contributed by atoms with E-state index in [2.05, 4.69) is 16.4 Å². The van der Waals surface area contributed by atoms with Crippen LogP contribution in [-0.4, -0.2) is 10.9 Å². The number of H-pyrrole nitrogens is 1. The molecule has 2 N–H and O–H groups in total. The Morgan fingerprint density at radius 3 is 2.73 bits per heavy atom. The monoisotopic (exact) mass is 289 g/mol. The van der Waals surface area contributed by atoms with E-state index >= 15 is 0 Å². The highest BCUT2D eigenvalue weighted by molar-refractivity contribution is 5.97. The minimum atomic E-state index is -0.129. The van der Waals surface area contributed by atoms with Crippen LogP contribution in [0.5, 0.6) is 0 Å². The van der Waals surface area contributed by atoms with Crippen molar-refractivity contribution in [2.45, 2.75) is 13.3 Å². The van der Waals surface area contributed by atoms with Crippen molar-refractivity contribution in [2.75, 3.05) is 5.32 Å². The number of aromatic nitrogens is 1. The summed E-state index contributed by atoms with van der Waals surface area (Å²) in [6, 6.07) is 17.0. The van der Waals surface area contributed by atoms with Crippen molar-refractivity contribution in [3.8, 4) is 6.07 Å². The van der Waals surface area contributed by atoms with Crippen LogP contribution in [0.15, 0.2) is 48.5 Å². The van der Waals surface area contributed by atoms with Crippen molar-refractivity contribution in [3.63, 3.8) is 0 Å². The molecule has 0 bridgehead atoms. The maximum atomic E-state index is 12.3. The summed E-state index contributed by atoms with van der Waals surface area (Å²) in [5.41, 5.74) is 4.02. The summed E-state index contributed by atoms with van der Waals surface area (Å²) < 4.78 is 0. The quantitative estimate of drug-likeness (QED) is 0.774. The van der Waals surface area contributed by atoms with Crippen molar-refractivity contribution in [2.24, 2.45) is 0 Å². The van der Waals surface area contributed by atoms with Gasteiger partial charge in [0.1, 0.15) is 6.07 Å². The highest BCUT2D eigenvalue weighted by Gasteiger charge is 2.13. The number of hydrogen-bond acceptors (Lipinski definition) is 2. The van der Waals surface area contributed by atoms with E-state index in [1.165, 1.54) is 0 Å². The van der Waals surface area contributed by atoms with Crippen LogP contribution in [0.1, 0.15) is 16.8 Å². The van der Waals surface area contributed by atoms with Gasteiger partial charge in [0.2, 0.25) is 5.91 Å². The molecule has 0 saturated heterocycles. The van der Waals surface area contributed by atoms with Crippen molar-refractivity contribution in [1.29, 1.82) is 5.26 Å². The molecule has 0 radical (unpaired) electrons. The number of aryl methyl sites for hydroxylation is 1. The van der Waals surface area contributed by atoms with E-state index < -0.39 is 0 Å². The first-order chi connectivity index (χ1) is 10.7. The molecule has 0 aliphatic carbocycles. The molecule has 1 aromatic heterocycles. The molecule has 0 fully saturated rings. The number of rotatable bonds is 3. The van der Waals surface area contributed by atoms with Gasteiger partial charge in [-0.1, -0.05) is 30.3 Å². The number of carbonyl (C=O) groups is 1. The van der Waals surface area contributed by atoms with Crippen molar-refractivity contribution in [3.05, 3.63) is 65.4 Å². The minimum Gasteiger partial charge on any atom is -0.358 e. The number of anilines is 1. The van der Waals surface area contributed by atoms with Gasteiger partial charge in [-0.15, -0.1) is 0 Å².